The molecule has 0 aliphatic heterocycles. The zero-order chi connectivity index (χ0) is 16.7. The van der Waals surface area contributed by atoms with Crippen molar-refractivity contribution in [3.63, 3.8) is 0 Å². The molecule has 118 valence electrons. The van der Waals surface area contributed by atoms with Crippen LogP contribution in [0.4, 0.5) is 11.4 Å². The number of amides is 3. The van der Waals surface area contributed by atoms with Gasteiger partial charge in [-0.25, -0.2) is 0 Å². The standard InChI is InChI=1S/C12H15N5O5/c13-6-11(19)16-9(5-10(14)18)12(20)15-7-1-3-8(4-2-7)17(21)22/h1-4,9H,5-6,13H2,(H2,14,18)(H,15,20)(H,16,19)/t9-/m0/s1. The Labute approximate surface area is 125 Å². The van der Waals surface area contributed by atoms with E-state index in [0.717, 1.165) is 0 Å². The first-order valence-electron chi connectivity index (χ1n) is 6.16. The quantitative estimate of drug-likeness (QED) is 0.366. The van der Waals surface area contributed by atoms with E-state index in [1.807, 2.05) is 0 Å². The molecule has 1 atom stereocenters. The van der Waals surface area contributed by atoms with Crippen LogP contribution in [0, 0.1) is 10.1 Å². The Bertz CT molecular complexity index is 586. The van der Waals surface area contributed by atoms with Gasteiger partial charge in [-0.15, -0.1) is 0 Å². The summed E-state index contributed by atoms with van der Waals surface area (Å²) in [6.07, 6.45) is -0.398. The fourth-order valence-electron chi connectivity index (χ4n) is 1.56. The van der Waals surface area contributed by atoms with Gasteiger partial charge in [0.25, 0.3) is 5.69 Å². The zero-order valence-electron chi connectivity index (χ0n) is 11.4. The summed E-state index contributed by atoms with van der Waals surface area (Å²) in [4.78, 5) is 44.1. The highest BCUT2D eigenvalue weighted by Gasteiger charge is 2.22. The number of benzene rings is 1. The van der Waals surface area contributed by atoms with Crippen LogP contribution in [0.5, 0.6) is 0 Å². The number of anilines is 1. The lowest BCUT2D eigenvalue weighted by atomic mass is 10.1. The summed E-state index contributed by atoms with van der Waals surface area (Å²) < 4.78 is 0. The minimum absolute atomic E-state index is 0.136. The summed E-state index contributed by atoms with van der Waals surface area (Å²) in [6.45, 7) is -0.347. The van der Waals surface area contributed by atoms with Crippen molar-refractivity contribution in [1.82, 2.24) is 5.32 Å². The number of non-ortho nitro benzene ring substituents is 1. The van der Waals surface area contributed by atoms with E-state index in [4.69, 9.17) is 11.5 Å². The summed E-state index contributed by atoms with van der Waals surface area (Å²) >= 11 is 0. The van der Waals surface area contributed by atoms with Gasteiger partial charge in [0.1, 0.15) is 6.04 Å². The third kappa shape index (κ3) is 5.17. The molecule has 10 nitrogen and oxygen atoms in total. The molecule has 3 amide bonds. The minimum atomic E-state index is -1.18. The molecule has 0 aliphatic carbocycles. The molecule has 1 rings (SSSR count). The Balaban J connectivity index is 2.78. The van der Waals surface area contributed by atoms with Gasteiger partial charge in [0.05, 0.1) is 17.9 Å². The average Bonchev–Trinajstić information content (AvgIpc) is 2.46. The van der Waals surface area contributed by atoms with Crippen molar-refractivity contribution in [2.24, 2.45) is 11.5 Å². The molecular formula is C12H15N5O5. The van der Waals surface area contributed by atoms with Crippen LogP contribution < -0.4 is 22.1 Å². The lowest BCUT2D eigenvalue weighted by molar-refractivity contribution is -0.384. The molecule has 0 spiro atoms. The Morgan fingerprint density at radius 1 is 1.23 bits per heavy atom. The van der Waals surface area contributed by atoms with E-state index < -0.39 is 35.1 Å². The van der Waals surface area contributed by atoms with Gasteiger partial charge in [-0.05, 0) is 12.1 Å². The van der Waals surface area contributed by atoms with Gasteiger partial charge in [0.15, 0.2) is 0 Å². The molecule has 0 aliphatic rings. The van der Waals surface area contributed by atoms with E-state index in [2.05, 4.69) is 10.6 Å². The van der Waals surface area contributed by atoms with Gasteiger partial charge in [-0.1, -0.05) is 0 Å². The van der Waals surface area contributed by atoms with Crippen molar-refractivity contribution < 1.29 is 19.3 Å². The predicted octanol–water partition coefficient (Wildman–Crippen LogP) is -1.15. The molecule has 6 N–H and O–H groups in total. The molecule has 0 fully saturated rings. The van der Waals surface area contributed by atoms with Gasteiger partial charge in [-0.3, -0.25) is 24.5 Å². The summed E-state index contributed by atoms with van der Waals surface area (Å²) in [6, 6.07) is 3.88. The second kappa shape index (κ2) is 7.69. The first kappa shape index (κ1) is 17.0. The number of nitro groups is 1. The Kier molecular flexibility index (Phi) is 5.96. The number of carbonyl (C=O) groups is 3. The van der Waals surface area contributed by atoms with Gasteiger partial charge >= 0.3 is 0 Å². The number of carbonyl (C=O) groups excluding carboxylic acids is 3. The number of nitrogens with zero attached hydrogens (tertiary/aromatic N) is 1. The van der Waals surface area contributed by atoms with E-state index in [-0.39, 0.29) is 17.9 Å². The van der Waals surface area contributed by atoms with Crippen molar-refractivity contribution in [3.8, 4) is 0 Å². The lowest BCUT2D eigenvalue weighted by Crippen LogP contribution is -2.47. The molecule has 0 bridgehead atoms. The number of nitrogens with two attached hydrogens (primary N) is 2. The minimum Gasteiger partial charge on any atom is -0.370 e. The van der Waals surface area contributed by atoms with Crippen LogP contribution in [-0.4, -0.2) is 35.2 Å². The van der Waals surface area contributed by atoms with Crippen molar-refractivity contribution in [2.75, 3.05) is 11.9 Å². The third-order valence-corrected chi connectivity index (χ3v) is 2.59. The predicted molar refractivity (Wildman–Crippen MR) is 76.5 cm³/mol. The molecule has 0 heterocycles. The number of hydrogen-bond donors (Lipinski definition) is 4. The topological polar surface area (TPSA) is 170 Å². The number of rotatable bonds is 7. The molecule has 22 heavy (non-hydrogen) atoms. The van der Waals surface area contributed by atoms with E-state index in [1.54, 1.807) is 0 Å². The molecular weight excluding hydrogens is 294 g/mol. The van der Waals surface area contributed by atoms with E-state index >= 15 is 0 Å². The highest BCUT2D eigenvalue weighted by Crippen LogP contribution is 2.15. The third-order valence-electron chi connectivity index (χ3n) is 2.59. The van der Waals surface area contributed by atoms with Crippen molar-refractivity contribution in [1.29, 1.82) is 0 Å². The van der Waals surface area contributed by atoms with Gasteiger partial charge < -0.3 is 22.1 Å². The summed E-state index contributed by atoms with van der Waals surface area (Å²) in [5, 5.41) is 15.2. The molecule has 0 saturated carbocycles. The van der Waals surface area contributed by atoms with Crippen LogP contribution >= 0.6 is 0 Å². The van der Waals surface area contributed by atoms with Crippen LogP contribution in [0.15, 0.2) is 24.3 Å². The SMILES string of the molecule is NCC(=O)N[C@@H](CC(N)=O)C(=O)Nc1ccc([N+](=O)[O-])cc1. The zero-order valence-corrected chi connectivity index (χ0v) is 11.4. The van der Waals surface area contributed by atoms with Crippen LogP contribution in [-0.2, 0) is 14.4 Å². The number of nitro benzene ring substituents is 1. The molecule has 0 unspecified atom stereocenters. The van der Waals surface area contributed by atoms with Crippen LogP contribution in [0.1, 0.15) is 6.42 Å². The van der Waals surface area contributed by atoms with Crippen molar-refractivity contribution in [3.05, 3.63) is 34.4 Å². The monoisotopic (exact) mass is 309 g/mol. The Hall–Kier alpha value is -3.01. The highest BCUT2D eigenvalue weighted by atomic mass is 16.6. The maximum absolute atomic E-state index is 12.0. The number of hydrogen-bond acceptors (Lipinski definition) is 6. The van der Waals surface area contributed by atoms with Crippen molar-refractivity contribution >= 4 is 29.1 Å². The van der Waals surface area contributed by atoms with Crippen LogP contribution in [0.2, 0.25) is 0 Å². The molecule has 10 heteroatoms. The molecule has 0 saturated heterocycles. The molecule has 1 aromatic rings. The molecule has 1 aromatic carbocycles. The highest BCUT2D eigenvalue weighted by molar-refractivity contribution is 5.99. The second-order valence-electron chi connectivity index (χ2n) is 4.29. The first-order chi connectivity index (χ1) is 10.3. The van der Waals surface area contributed by atoms with Gasteiger partial charge in [0, 0.05) is 17.8 Å². The Morgan fingerprint density at radius 3 is 2.27 bits per heavy atom. The van der Waals surface area contributed by atoms with Gasteiger partial charge in [0.2, 0.25) is 17.7 Å². The maximum atomic E-state index is 12.0. The largest absolute Gasteiger partial charge is 0.370 e. The second-order valence-corrected chi connectivity index (χ2v) is 4.29. The summed E-state index contributed by atoms with van der Waals surface area (Å²) in [5.74, 6) is -2.08. The number of nitrogens with one attached hydrogen (secondary N) is 2. The van der Waals surface area contributed by atoms with E-state index in [9.17, 15) is 24.5 Å². The fourth-order valence-corrected chi connectivity index (χ4v) is 1.56. The van der Waals surface area contributed by atoms with Crippen LogP contribution in [0.25, 0.3) is 0 Å². The van der Waals surface area contributed by atoms with Crippen molar-refractivity contribution in [2.45, 2.75) is 12.5 Å². The van der Waals surface area contributed by atoms with E-state index in [1.165, 1.54) is 24.3 Å². The molecule has 0 aromatic heterocycles. The lowest BCUT2D eigenvalue weighted by Gasteiger charge is -2.16. The first-order valence-corrected chi connectivity index (χ1v) is 6.16. The summed E-state index contributed by atoms with van der Waals surface area (Å²) in [5.41, 5.74) is 10.3. The smallest absolute Gasteiger partial charge is 0.269 e. The maximum Gasteiger partial charge on any atom is 0.269 e. The average molecular weight is 309 g/mol. The normalized spacial score (nSPS) is 11.3. The summed E-state index contributed by atoms with van der Waals surface area (Å²) in [7, 11) is 0. The van der Waals surface area contributed by atoms with E-state index in [0.29, 0.717) is 0 Å². The number of primary amides is 1. The molecule has 0 radical (unpaired) electrons. The van der Waals surface area contributed by atoms with Gasteiger partial charge in [-0.2, -0.15) is 0 Å². The van der Waals surface area contributed by atoms with Crippen LogP contribution in [0.3, 0.4) is 0 Å². The fraction of sp³-hybridized carbons (Fsp3) is 0.250. The Morgan fingerprint density at radius 2 is 1.82 bits per heavy atom.